The average Bonchev–Trinajstić information content (AvgIpc) is 3.12. The molecule has 8 nitrogen and oxygen atoms in total. The Morgan fingerprint density at radius 2 is 2.00 bits per heavy atom. The quantitative estimate of drug-likeness (QED) is 0.815. The van der Waals surface area contributed by atoms with Gasteiger partial charge in [-0.25, -0.2) is 9.78 Å². The van der Waals surface area contributed by atoms with Gasteiger partial charge in [-0.1, -0.05) is 13.3 Å². The first-order valence-corrected chi connectivity index (χ1v) is 10.2. The molecule has 0 spiro atoms. The number of aromatic nitrogens is 3. The summed E-state index contributed by atoms with van der Waals surface area (Å²) in [6.07, 6.45) is 7.57. The summed E-state index contributed by atoms with van der Waals surface area (Å²) in [7, 11) is 0. The summed E-state index contributed by atoms with van der Waals surface area (Å²) in [6, 6.07) is 1.79. The Morgan fingerprint density at radius 1 is 1.21 bits per heavy atom. The van der Waals surface area contributed by atoms with Gasteiger partial charge >= 0.3 is 6.09 Å². The zero-order valence-electron chi connectivity index (χ0n) is 16.5. The zero-order valence-corrected chi connectivity index (χ0v) is 16.5. The normalized spacial score (nSPS) is 22.4. The van der Waals surface area contributed by atoms with E-state index >= 15 is 0 Å². The largest absolute Gasteiger partial charge is 0.434 e. The Morgan fingerprint density at radius 3 is 2.71 bits per heavy atom. The van der Waals surface area contributed by atoms with Gasteiger partial charge in [-0.05, 0) is 50.5 Å². The third-order valence-electron chi connectivity index (χ3n) is 5.99. The molecule has 0 radical (unpaired) electrons. The SMILES string of the molecule is Cc1cc(=O)n(C2CCCC2C)c2nc(NOC(=O)N3CCCCC3)ncc12. The Hall–Kier alpha value is -2.64. The van der Waals surface area contributed by atoms with Crippen molar-refractivity contribution in [3.8, 4) is 0 Å². The molecule has 2 aliphatic rings. The van der Waals surface area contributed by atoms with Crippen molar-refractivity contribution in [2.45, 2.75) is 58.4 Å². The van der Waals surface area contributed by atoms with E-state index in [9.17, 15) is 9.59 Å². The van der Waals surface area contributed by atoms with Crippen molar-refractivity contribution in [1.29, 1.82) is 0 Å². The number of aryl methyl sites for hydroxylation is 1. The van der Waals surface area contributed by atoms with Crippen molar-refractivity contribution >= 4 is 23.1 Å². The average molecular weight is 385 g/mol. The smallest absolute Gasteiger partial charge is 0.321 e. The monoisotopic (exact) mass is 385 g/mol. The van der Waals surface area contributed by atoms with E-state index in [1.54, 1.807) is 21.7 Å². The van der Waals surface area contributed by atoms with Crippen LogP contribution in [0.3, 0.4) is 0 Å². The lowest BCUT2D eigenvalue weighted by atomic mass is 10.1. The number of likely N-dealkylation sites (tertiary alicyclic amines) is 1. The molecule has 2 aromatic heterocycles. The summed E-state index contributed by atoms with van der Waals surface area (Å²) < 4.78 is 1.79. The number of fused-ring (bicyclic) bond motifs is 1. The molecule has 2 unspecified atom stereocenters. The number of piperidine rings is 1. The van der Waals surface area contributed by atoms with E-state index in [4.69, 9.17) is 4.84 Å². The van der Waals surface area contributed by atoms with Crippen molar-refractivity contribution < 1.29 is 9.63 Å². The van der Waals surface area contributed by atoms with Gasteiger partial charge in [0.1, 0.15) is 5.65 Å². The molecule has 1 aliphatic heterocycles. The van der Waals surface area contributed by atoms with Crippen LogP contribution in [0.15, 0.2) is 17.1 Å². The van der Waals surface area contributed by atoms with Gasteiger partial charge in [-0.2, -0.15) is 10.5 Å². The number of anilines is 1. The molecular weight excluding hydrogens is 358 g/mol. The van der Waals surface area contributed by atoms with E-state index in [-0.39, 0.29) is 17.5 Å². The van der Waals surface area contributed by atoms with Gasteiger partial charge in [-0.3, -0.25) is 9.36 Å². The summed E-state index contributed by atoms with van der Waals surface area (Å²) in [5, 5.41) is 0.839. The zero-order chi connectivity index (χ0) is 19.7. The highest BCUT2D eigenvalue weighted by Gasteiger charge is 2.28. The molecule has 1 saturated heterocycles. The highest BCUT2D eigenvalue weighted by molar-refractivity contribution is 5.79. The summed E-state index contributed by atoms with van der Waals surface area (Å²) in [5.41, 5.74) is 3.97. The third kappa shape index (κ3) is 3.55. The molecule has 0 bridgehead atoms. The van der Waals surface area contributed by atoms with E-state index in [0.29, 0.717) is 24.7 Å². The Bertz CT molecular complexity index is 935. The number of hydrogen-bond donors (Lipinski definition) is 1. The maximum Gasteiger partial charge on any atom is 0.434 e. The fourth-order valence-electron chi connectivity index (χ4n) is 4.38. The number of hydrogen-bond acceptors (Lipinski definition) is 6. The van der Waals surface area contributed by atoms with Crippen molar-refractivity contribution in [3.05, 3.63) is 28.2 Å². The molecular formula is C20H27N5O3. The molecule has 1 saturated carbocycles. The van der Waals surface area contributed by atoms with Gasteiger partial charge in [0.2, 0.25) is 0 Å². The summed E-state index contributed by atoms with van der Waals surface area (Å²) in [4.78, 5) is 40.6. The van der Waals surface area contributed by atoms with Gasteiger partial charge in [-0.15, -0.1) is 0 Å². The maximum absolute atomic E-state index is 12.8. The minimum absolute atomic E-state index is 0.0429. The first-order chi connectivity index (χ1) is 13.5. The first-order valence-electron chi connectivity index (χ1n) is 10.2. The van der Waals surface area contributed by atoms with Gasteiger partial charge in [0.15, 0.2) is 0 Å². The minimum Gasteiger partial charge on any atom is -0.321 e. The second-order valence-corrected chi connectivity index (χ2v) is 7.96. The molecule has 1 amide bonds. The highest BCUT2D eigenvalue weighted by Crippen LogP contribution is 2.36. The number of nitrogens with zero attached hydrogens (tertiary/aromatic N) is 4. The molecule has 28 heavy (non-hydrogen) atoms. The molecule has 2 atom stereocenters. The van der Waals surface area contributed by atoms with Crippen LogP contribution < -0.4 is 11.0 Å². The summed E-state index contributed by atoms with van der Waals surface area (Å²) >= 11 is 0. The first kappa shape index (κ1) is 18.7. The van der Waals surface area contributed by atoms with Crippen LogP contribution in [0, 0.1) is 12.8 Å². The molecule has 8 heteroatoms. The molecule has 4 rings (SSSR count). The van der Waals surface area contributed by atoms with Crippen LogP contribution in [0.2, 0.25) is 0 Å². The van der Waals surface area contributed by atoms with Crippen molar-refractivity contribution in [2.75, 3.05) is 18.6 Å². The van der Waals surface area contributed by atoms with Crippen LogP contribution >= 0.6 is 0 Å². The predicted molar refractivity (Wildman–Crippen MR) is 106 cm³/mol. The molecule has 1 N–H and O–H groups in total. The number of amides is 1. The minimum atomic E-state index is -0.422. The van der Waals surface area contributed by atoms with Gasteiger partial charge < -0.3 is 9.74 Å². The number of carbonyl (C=O) groups excluding carboxylic acids is 1. The number of rotatable bonds is 3. The van der Waals surface area contributed by atoms with E-state index in [1.165, 1.54) is 0 Å². The van der Waals surface area contributed by atoms with Gasteiger partial charge in [0.25, 0.3) is 11.5 Å². The van der Waals surface area contributed by atoms with Crippen LogP contribution in [0.4, 0.5) is 10.7 Å². The lowest BCUT2D eigenvalue weighted by Crippen LogP contribution is -2.37. The Balaban J connectivity index is 1.62. The molecule has 2 aromatic rings. The summed E-state index contributed by atoms with van der Waals surface area (Å²) in [6.45, 7) is 5.48. The second kappa shape index (κ2) is 7.77. The van der Waals surface area contributed by atoms with Crippen LogP contribution in [0.25, 0.3) is 11.0 Å². The van der Waals surface area contributed by atoms with Gasteiger partial charge in [0.05, 0.1) is 0 Å². The fourth-order valence-corrected chi connectivity index (χ4v) is 4.38. The van der Waals surface area contributed by atoms with E-state index in [0.717, 1.165) is 49.5 Å². The predicted octanol–water partition coefficient (Wildman–Crippen LogP) is 3.41. The lowest BCUT2D eigenvalue weighted by molar-refractivity contribution is 0.113. The van der Waals surface area contributed by atoms with Crippen LogP contribution in [0.1, 0.15) is 57.1 Å². The van der Waals surface area contributed by atoms with Crippen LogP contribution in [0.5, 0.6) is 0 Å². The Labute approximate surface area is 163 Å². The second-order valence-electron chi connectivity index (χ2n) is 7.96. The van der Waals surface area contributed by atoms with Gasteiger partial charge in [0, 0.05) is 36.8 Å². The fraction of sp³-hybridized carbons (Fsp3) is 0.600. The Kier molecular flexibility index (Phi) is 5.19. The number of nitrogens with one attached hydrogen (secondary N) is 1. The van der Waals surface area contributed by atoms with E-state index in [1.807, 2.05) is 6.92 Å². The maximum atomic E-state index is 12.8. The highest BCUT2D eigenvalue weighted by atomic mass is 16.7. The van der Waals surface area contributed by atoms with E-state index in [2.05, 4.69) is 22.4 Å². The standard InChI is InChI=1S/C20H27N5O3/c1-13-7-6-8-16(13)25-17(26)11-14(2)15-12-21-19(22-18(15)25)23-28-20(27)24-9-4-3-5-10-24/h11-13,16H,3-10H2,1-2H3,(H,21,22,23). The molecule has 150 valence electrons. The lowest BCUT2D eigenvalue weighted by Gasteiger charge is -2.25. The van der Waals surface area contributed by atoms with Crippen LogP contribution in [-0.2, 0) is 4.84 Å². The molecule has 2 fully saturated rings. The van der Waals surface area contributed by atoms with Crippen molar-refractivity contribution in [1.82, 2.24) is 19.4 Å². The number of pyridine rings is 1. The van der Waals surface area contributed by atoms with E-state index < -0.39 is 6.09 Å². The van der Waals surface area contributed by atoms with Crippen molar-refractivity contribution in [3.63, 3.8) is 0 Å². The topological polar surface area (TPSA) is 89.3 Å². The molecule has 0 aromatic carbocycles. The molecule has 3 heterocycles. The summed E-state index contributed by atoms with van der Waals surface area (Å²) in [5.74, 6) is 0.606. The van der Waals surface area contributed by atoms with Crippen molar-refractivity contribution in [2.24, 2.45) is 5.92 Å². The third-order valence-corrected chi connectivity index (χ3v) is 5.99. The molecule has 1 aliphatic carbocycles. The van der Waals surface area contributed by atoms with Crippen LogP contribution in [-0.4, -0.2) is 38.6 Å². The number of carbonyl (C=O) groups is 1.